The van der Waals surface area contributed by atoms with Crippen LogP contribution in [-0.4, -0.2) is 11.1 Å². The summed E-state index contributed by atoms with van der Waals surface area (Å²) >= 11 is 1.51. The second-order valence-corrected chi connectivity index (χ2v) is 3.97. The Kier molecular flexibility index (Phi) is 3.25. The molecule has 0 atom stereocenters. The Balaban J connectivity index is 2.79. The van der Waals surface area contributed by atoms with E-state index in [0.29, 0.717) is 0 Å². The second-order valence-electron chi connectivity index (χ2n) is 2.80. The van der Waals surface area contributed by atoms with Crippen LogP contribution < -0.4 is 0 Å². The first-order valence-electron chi connectivity index (χ1n) is 4.16. The van der Waals surface area contributed by atoms with E-state index in [1.165, 1.54) is 16.2 Å². The summed E-state index contributed by atoms with van der Waals surface area (Å²) in [6, 6.07) is 3.80. The normalized spacial score (nSPS) is 9.92. The van der Waals surface area contributed by atoms with E-state index in [2.05, 4.69) is 13.5 Å². The van der Waals surface area contributed by atoms with Crippen LogP contribution in [0.2, 0.25) is 0 Å². The molecule has 0 aromatic carbocycles. The molecule has 0 spiro atoms. The summed E-state index contributed by atoms with van der Waals surface area (Å²) in [7, 11) is 0. The van der Waals surface area contributed by atoms with Crippen molar-refractivity contribution in [2.45, 2.75) is 19.8 Å². The molecular formula is C10H12O2S. The van der Waals surface area contributed by atoms with Gasteiger partial charge < -0.3 is 5.11 Å². The molecule has 0 unspecified atom stereocenters. The minimum absolute atomic E-state index is 0.187. The molecule has 0 amide bonds. The van der Waals surface area contributed by atoms with Gasteiger partial charge in [-0.2, -0.15) is 0 Å². The van der Waals surface area contributed by atoms with E-state index in [0.717, 1.165) is 17.7 Å². The van der Waals surface area contributed by atoms with Crippen molar-refractivity contribution in [2.75, 3.05) is 0 Å². The highest BCUT2D eigenvalue weighted by atomic mass is 32.1. The molecule has 1 aromatic rings. The van der Waals surface area contributed by atoms with E-state index < -0.39 is 5.97 Å². The third-order valence-electron chi connectivity index (χ3n) is 1.71. The number of thiophene rings is 1. The Morgan fingerprint density at radius 3 is 2.85 bits per heavy atom. The fourth-order valence-electron chi connectivity index (χ4n) is 1.03. The van der Waals surface area contributed by atoms with Crippen LogP contribution in [0.25, 0.3) is 5.57 Å². The maximum absolute atomic E-state index is 10.6. The highest BCUT2D eigenvalue weighted by Crippen LogP contribution is 2.24. The van der Waals surface area contributed by atoms with Gasteiger partial charge in [0.15, 0.2) is 0 Å². The highest BCUT2D eigenvalue weighted by molar-refractivity contribution is 7.13. The monoisotopic (exact) mass is 196 g/mol. The van der Waals surface area contributed by atoms with Crippen LogP contribution in [0.4, 0.5) is 0 Å². The zero-order valence-electron chi connectivity index (χ0n) is 7.54. The van der Waals surface area contributed by atoms with E-state index in [-0.39, 0.29) is 5.57 Å². The maximum atomic E-state index is 10.6. The van der Waals surface area contributed by atoms with Gasteiger partial charge in [0.05, 0.1) is 5.57 Å². The number of carbonyl (C=O) groups is 1. The van der Waals surface area contributed by atoms with Gasteiger partial charge in [0.1, 0.15) is 0 Å². The third-order valence-corrected chi connectivity index (χ3v) is 2.92. The van der Waals surface area contributed by atoms with Crippen LogP contribution in [0.5, 0.6) is 0 Å². The van der Waals surface area contributed by atoms with Crippen molar-refractivity contribution in [2.24, 2.45) is 0 Å². The number of carboxylic acid groups (broad SMARTS) is 1. The van der Waals surface area contributed by atoms with Crippen LogP contribution >= 0.6 is 11.3 Å². The number of carboxylic acids is 1. The Morgan fingerprint density at radius 1 is 1.62 bits per heavy atom. The van der Waals surface area contributed by atoms with Crippen molar-refractivity contribution in [3.8, 4) is 0 Å². The molecule has 0 saturated heterocycles. The second kappa shape index (κ2) is 4.23. The summed E-state index contributed by atoms with van der Waals surface area (Å²) in [5.41, 5.74) is 0.187. The van der Waals surface area contributed by atoms with E-state index in [1.807, 2.05) is 12.1 Å². The minimum atomic E-state index is -0.940. The summed E-state index contributed by atoms with van der Waals surface area (Å²) in [6.07, 6.45) is 2.09. The molecule has 1 N–H and O–H groups in total. The van der Waals surface area contributed by atoms with Gasteiger partial charge in [-0.05, 0) is 18.6 Å². The Labute approximate surface area is 81.5 Å². The lowest BCUT2D eigenvalue weighted by molar-refractivity contribution is -0.130. The smallest absolute Gasteiger partial charge is 0.336 e. The number of rotatable bonds is 4. The fraction of sp³-hybridized carbons (Fsp3) is 0.300. The quantitative estimate of drug-likeness (QED) is 0.752. The van der Waals surface area contributed by atoms with Gasteiger partial charge in [0.25, 0.3) is 0 Å². The van der Waals surface area contributed by atoms with E-state index in [1.54, 1.807) is 0 Å². The van der Waals surface area contributed by atoms with Crippen molar-refractivity contribution in [1.29, 1.82) is 0 Å². The first kappa shape index (κ1) is 9.99. The number of aryl methyl sites for hydroxylation is 1. The SMILES string of the molecule is C=C(C(=O)O)c1ccc(CCC)s1. The molecule has 0 aliphatic heterocycles. The van der Waals surface area contributed by atoms with Gasteiger partial charge in [-0.25, -0.2) is 4.79 Å². The molecule has 0 saturated carbocycles. The van der Waals surface area contributed by atoms with Crippen LogP contribution in [-0.2, 0) is 11.2 Å². The largest absolute Gasteiger partial charge is 0.478 e. The molecule has 0 radical (unpaired) electrons. The lowest BCUT2D eigenvalue weighted by Crippen LogP contribution is -1.95. The average Bonchev–Trinajstić information content (AvgIpc) is 2.52. The van der Waals surface area contributed by atoms with Crippen molar-refractivity contribution in [1.82, 2.24) is 0 Å². The highest BCUT2D eigenvalue weighted by Gasteiger charge is 2.09. The molecule has 1 aromatic heterocycles. The molecule has 70 valence electrons. The molecule has 0 bridgehead atoms. The van der Waals surface area contributed by atoms with Crippen LogP contribution in [0, 0.1) is 0 Å². The van der Waals surface area contributed by atoms with Crippen LogP contribution in [0.1, 0.15) is 23.1 Å². The zero-order chi connectivity index (χ0) is 9.84. The van der Waals surface area contributed by atoms with Crippen molar-refractivity contribution >= 4 is 22.9 Å². The van der Waals surface area contributed by atoms with Gasteiger partial charge in [0, 0.05) is 9.75 Å². The fourth-order valence-corrected chi connectivity index (χ4v) is 2.10. The number of hydrogen-bond acceptors (Lipinski definition) is 2. The molecule has 0 fully saturated rings. The summed E-state index contributed by atoms with van der Waals surface area (Å²) in [4.78, 5) is 12.6. The molecule has 13 heavy (non-hydrogen) atoms. The van der Waals surface area contributed by atoms with Crippen LogP contribution in [0.3, 0.4) is 0 Å². The topological polar surface area (TPSA) is 37.3 Å². The van der Waals surface area contributed by atoms with Crippen molar-refractivity contribution in [3.05, 3.63) is 28.5 Å². The third kappa shape index (κ3) is 2.42. The summed E-state index contributed by atoms with van der Waals surface area (Å²) in [5, 5.41) is 8.68. The average molecular weight is 196 g/mol. The minimum Gasteiger partial charge on any atom is -0.478 e. The molecular weight excluding hydrogens is 184 g/mol. The van der Waals surface area contributed by atoms with Gasteiger partial charge in [-0.15, -0.1) is 11.3 Å². The first-order valence-corrected chi connectivity index (χ1v) is 4.98. The maximum Gasteiger partial charge on any atom is 0.336 e. The van der Waals surface area contributed by atoms with Crippen molar-refractivity contribution in [3.63, 3.8) is 0 Å². The Bertz CT molecular complexity index is 325. The summed E-state index contributed by atoms with van der Waals surface area (Å²) in [5.74, 6) is -0.940. The lowest BCUT2D eigenvalue weighted by Gasteiger charge is -1.93. The summed E-state index contributed by atoms with van der Waals surface area (Å²) < 4.78 is 0. The predicted molar refractivity (Wildman–Crippen MR) is 55.0 cm³/mol. The molecule has 1 heterocycles. The van der Waals surface area contributed by atoms with Gasteiger partial charge >= 0.3 is 5.97 Å². The van der Waals surface area contributed by atoms with Gasteiger partial charge in [-0.1, -0.05) is 19.9 Å². The van der Waals surface area contributed by atoms with E-state index in [9.17, 15) is 4.79 Å². The Morgan fingerprint density at radius 2 is 2.31 bits per heavy atom. The van der Waals surface area contributed by atoms with Gasteiger partial charge in [-0.3, -0.25) is 0 Å². The van der Waals surface area contributed by atoms with Crippen LogP contribution in [0.15, 0.2) is 18.7 Å². The zero-order valence-corrected chi connectivity index (χ0v) is 8.36. The number of hydrogen-bond donors (Lipinski definition) is 1. The number of aliphatic carboxylic acids is 1. The molecule has 3 heteroatoms. The van der Waals surface area contributed by atoms with Crippen molar-refractivity contribution < 1.29 is 9.90 Å². The molecule has 2 nitrogen and oxygen atoms in total. The Hall–Kier alpha value is -1.09. The first-order chi connectivity index (χ1) is 6.15. The standard InChI is InChI=1S/C10H12O2S/c1-3-4-8-5-6-9(13-8)7(2)10(11)12/h5-6H,2-4H2,1H3,(H,11,12). The molecule has 0 aliphatic carbocycles. The lowest BCUT2D eigenvalue weighted by atomic mass is 10.2. The predicted octanol–water partition coefficient (Wildman–Crippen LogP) is 2.80. The molecule has 1 rings (SSSR count). The molecule has 0 aliphatic rings. The summed E-state index contributed by atoms with van der Waals surface area (Å²) in [6.45, 7) is 5.61. The van der Waals surface area contributed by atoms with E-state index in [4.69, 9.17) is 5.11 Å². The van der Waals surface area contributed by atoms with E-state index >= 15 is 0 Å². The van der Waals surface area contributed by atoms with Gasteiger partial charge in [0.2, 0.25) is 0 Å².